The Balaban J connectivity index is 1.96. The highest BCUT2D eigenvalue weighted by Gasteiger charge is 2.41. The van der Waals surface area contributed by atoms with Crippen LogP contribution >= 0.6 is 0 Å². The SMILES string of the molecule is N#Cc1ccccc1C1=CC(C(=O)c2ccccn2)=CN(c2ccccc2)C1(N)C=O. The molecule has 0 spiro atoms. The van der Waals surface area contributed by atoms with Crippen molar-refractivity contribution in [2.24, 2.45) is 5.73 Å². The van der Waals surface area contributed by atoms with Crippen molar-refractivity contribution in [1.82, 2.24) is 4.98 Å². The molecule has 1 unspecified atom stereocenters. The summed E-state index contributed by atoms with van der Waals surface area (Å²) in [5.74, 6) is -0.318. The van der Waals surface area contributed by atoms with Gasteiger partial charge in [0.2, 0.25) is 5.78 Å². The molecule has 1 aliphatic rings. The van der Waals surface area contributed by atoms with E-state index in [9.17, 15) is 14.9 Å². The number of ketones is 1. The molecule has 0 fully saturated rings. The maximum absolute atomic E-state index is 13.2. The number of benzene rings is 2. The van der Waals surface area contributed by atoms with Crippen molar-refractivity contribution in [3.05, 3.63) is 114 Å². The Labute approximate surface area is 179 Å². The lowest BCUT2D eigenvalue weighted by atomic mass is 9.85. The number of carbonyl (C=O) groups excluding carboxylic acids is 2. The van der Waals surface area contributed by atoms with E-state index in [4.69, 9.17) is 5.73 Å². The Bertz CT molecular complexity index is 1240. The van der Waals surface area contributed by atoms with Gasteiger partial charge in [-0.05, 0) is 42.0 Å². The Morgan fingerprint density at radius 2 is 1.74 bits per heavy atom. The number of pyridine rings is 1. The second-order valence-corrected chi connectivity index (χ2v) is 6.99. The highest BCUT2D eigenvalue weighted by Crippen LogP contribution is 2.38. The third-order valence-corrected chi connectivity index (χ3v) is 5.11. The number of rotatable bonds is 5. The molecule has 0 aliphatic carbocycles. The van der Waals surface area contributed by atoms with Gasteiger partial charge in [0.25, 0.3) is 0 Å². The third-order valence-electron chi connectivity index (χ3n) is 5.11. The fourth-order valence-corrected chi connectivity index (χ4v) is 3.56. The van der Waals surface area contributed by atoms with E-state index < -0.39 is 5.66 Å². The van der Waals surface area contributed by atoms with Crippen molar-refractivity contribution in [1.29, 1.82) is 5.26 Å². The maximum atomic E-state index is 13.2. The smallest absolute Gasteiger partial charge is 0.212 e. The number of nitriles is 1. The first-order valence-electron chi connectivity index (χ1n) is 9.57. The number of anilines is 1. The normalized spacial score (nSPS) is 17.9. The molecule has 2 N–H and O–H groups in total. The standard InChI is InChI=1S/C25H18N4O2/c26-15-18-8-4-5-11-21(18)22-14-19(24(31)23-12-6-7-13-28-23)16-29(25(22,27)17-30)20-9-2-1-3-10-20/h1-14,16-17H,27H2. The lowest BCUT2D eigenvalue weighted by molar-refractivity contribution is -0.110. The van der Waals surface area contributed by atoms with Gasteiger partial charge in [0.15, 0.2) is 11.9 Å². The number of aromatic nitrogens is 1. The number of hydrogen-bond acceptors (Lipinski definition) is 6. The molecule has 0 saturated carbocycles. The van der Waals surface area contributed by atoms with Gasteiger partial charge in [-0.3, -0.25) is 20.3 Å². The van der Waals surface area contributed by atoms with Crippen LogP contribution in [-0.2, 0) is 4.79 Å². The quantitative estimate of drug-likeness (QED) is 0.514. The number of hydrogen-bond donors (Lipinski definition) is 1. The van der Waals surface area contributed by atoms with Crippen molar-refractivity contribution in [3.8, 4) is 6.07 Å². The minimum Gasteiger partial charge on any atom is -0.319 e. The minimum absolute atomic E-state index is 0.265. The third kappa shape index (κ3) is 3.54. The summed E-state index contributed by atoms with van der Waals surface area (Å²) < 4.78 is 0. The summed E-state index contributed by atoms with van der Waals surface area (Å²) in [7, 11) is 0. The predicted octanol–water partition coefficient (Wildman–Crippen LogP) is 3.48. The molecule has 1 aromatic heterocycles. The summed E-state index contributed by atoms with van der Waals surface area (Å²) in [6.07, 6.45) is 5.29. The molecule has 31 heavy (non-hydrogen) atoms. The first-order chi connectivity index (χ1) is 15.1. The summed E-state index contributed by atoms with van der Waals surface area (Å²) in [4.78, 5) is 31.3. The Morgan fingerprint density at radius 3 is 2.42 bits per heavy atom. The average molecular weight is 406 g/mol. The van der Waals surface area contributed by atoms with Crippen LogP contribution in [0.4, 0.5) is 5.69 Å². The van der Waals surface area contributed by atoms with Crippen LogP contribution in [0.25, 0.3) is 5.57 Å². The van der Waals surface area contributed by atoms with E-state index in [1.165, 1.54) is 0 Å². The van der Waals surface area contributed by atoms with E-state index in [-0.39, 0.29) is 11.5 Å². The molecule has 1 atom stereocenters. The first kappa shape index (κ1) is 20.0. The predicted molar refractivity (Wildman–Crippen MR) is 118 cm³/mol. The molecule has 4 rings (SSSR count). The van der Waals surface area contributed by atoms with Crippen LogP contribution < -0.4 is 10.6 Å². The zero-order valence-electron chi connectivity index (χ0n) is 16.5. The fourth-order valence-electron chi connectivity index (χ4n) is 3.56. The van der Waals surface area contributed by atoms with Crippen molar-refractivity contribution < 1.29 is 9.59 Å². The summed E-state index contributed by atoms with van der Waals surface area (Å²) in [5, 5.41) is 9.62. The summed E-state index contributed by atoms with van der Waals surface area (Å²) >= 11 is 0. The molecule has 0 saturated heterocycles. The van der Waals surface area contributed by atoms with E-state index in [1.807, 2.05) is 18.2 Å². The van der Waals surface area contributed by atoms with E-state index in [2.05, 4.69) is 11.1 Å². The van der Waals surface area contributed by atoms with Crippen molar-refractivity contribution in [3.63, 3.8) is 0 Å². The van der Waals surface area contributed by atoms with Crippen LogP contribution in [0.5, 0.6) is 0 Å². The molecule has 6 nitrogen and oxygen atoms in total. The van der Waals surface area contributed by atoms with Gasteiger partial charge in [0.1, 0.15) is 5.69 Å². The molecular weight excluding hydrogens is 388 g/mol. The second-order valence-electron chi connectivity index (χ2n) is 6.99. The highest BCUT2D eigenvalue weighted by molar-refractivity contribution is 6.13. The Morgan fingerprint density at radius 1 is 1.03 bits per heavy atom. The molecule has 6 heteroatoms. The van der Waals surface area contributed by atoms with Crippen LogP contribution in [0.15, 0.2) is 96.8 Å². The molecule has 0 amide bonds. The van der Waals surface area contributed by atoms with Crippen LogP contribution in [0.3, 0.4) is 0 Å². The lowest BCUT2D eigenvalue weighted by Crippen LogP contribution is -2.58. The van der Waals surface area contributed by atoms with Gasteiger partial charge in [-0.2, -0.15) is 5.26 Å². The molecule has 0 bridgehead atoms. The van der Waals surface area contributed by atoms with E-state index >= 15 is 0 Å². The molecule has 0 radical (unpaired) electrons. The summed E-state index contributed by atoms with van der Waals surface area (Å²) in [5.41, 5.74) is 7.40. The summed E-state index contributed by atoms with van der Waals surface area (Å²) in [6.45, 7) is 0. The number of nitrogens with zero attached hydrogens (tertiary/aromatic N) is 3. The van der Waals surface area contributed by atoms with Crippen molar-refractivity contribution in [2.75, 3.05) is 4.90 Å². The molecule has 2 heterocycles. The van der Waals surface area contributed by atoms with Gasteiger partial charge < -0.3 is 4.90 Å². The number of para-hydroxylation sites is 1. The van der Waals surface area contributed by atoms with E-state index in [0.29, 0.717) is 34.2 Å². The van der Waals surface area contributed by atoms with Gasteiger partial charge in [0, 0.05) is 29.2 Å². The number of Topliss-reactive ketones (excluding diaryl/α,β-unsaturated/α-hetero) is 1. The largest absolute Gasteiger partial charge is 0.319 e. The monoisotopic (exact) mass is 406 g/mol. The van der Waals surface area contributed by atoms with Crippen molar-refractivity contribution in [2.45, 2.75) is 5.66 Å². The fraction of sp³-hybridized carbons (Fsp3) is 0.0400. The van der Waals surface area contributed by atoms with E-state index in [1.54, 1.807) is 78.0 Å². The van der Waals surface area contributed by atoms with Gasteiger partial charge in [-0.25, -0.2) is 0 Å². The molecule has 2 aromatic carbocycles. The van der Waals surface area contributed by atoms with Crippen LogP contribution in [-0.4, -0.2) is 22.7 Å². The molecular formula is C25H18N4O2. The Hall–Kier alpha value is -4.34. The van der Waals surface area contributed by atoms with Crippen molar-refractivity contribution >= 4 is 23.3 Å². The zero-order chi connectivity index (χ0) is 21.8. The average Bonchev–Trinajstić information content (AvgIpc) is 2.84. The highest BCUT2D eigenvalue weighted by atomic mass is 16.1. The lowest BCUT2D eigenvalue weighted by Gasteiger charge is -2.41. The number of aldehydes is 1. The van der Waals surface area contributed by atoms with E-state index in [0.717, 1.165) is 0 Å². The van der Waals surface area contributed by atoms with Gasteiger partial charge in [-0.15, -0.1) is 0 Å². The topological polar surface area (TPSA) is 100 Å². The number of allylic oxidation sites excluding steroid dienone is 2. The zero-order valence-corrected chi connectivity index (χ0v) is 16.5. The molecule has 1 aliphatic heterocycles. The van der Waals surface area contributed by atoms with Crippen LogP contribution in [0, 0.1) is 11.3 Å². The first-order valence-corrected chi connectivity index (χ1v) is 9.57. The number of nitrogens with two attached hydrogens (primary N) is 1. The van der Waals surface area contributed by atoms with Gasteiger partial charge >= 0.3 is 0 Å². The van der Waals surface area contributed by atoms with Gasteiger partial charge in [0.05, 0.1) is 11.6 Å². The van der Waals surface area contributed by atoms with Crippen LogP contribution in [0.2, 0.25) is 0 Å². The minimum atomic E-state index is -1.62. The maximum Gasteiger partial charge on any atom is 0.212 e. The van der Waals surface area contributed by atoms with Crippen LogP contribution in [0.1, 0.15) is 21.6 Å². The van der Waals surface area contributed by atoms with Gasteiger partial charge in [-0.1, -0.05) is 42.5 Å². The molecule has 3 aromatic rings. The summed E-state index contributed by atoms with van der Waals surface area (Å²) in [6, 6.07) is 23.1. The Kier molecular flexibility index (Phi) is 5.27. The second kappa shape index (κ2) is 8.19. The molecule has 150 valence electrons. The number of carbonyl (C=O) groups is 2.